The summed E-state index contributed by atoms with van der Waals surface area (Å²) in [5, 5.41) is 0. The summed E-state index contributed by atoms with van der Waals surface area (Å²) < 4.78 is 0. The minimum atomic E-state index is -0.495. The molecule has 1 unspecified atom stereocenters. The van der Waals surface area contributed by atoms with Gasteiger partial charge in [0.05, 0.1) is 5.92 Å². The zero-order valence-corrected chi connectivity index (χ0v) is 8.72. The van der Waals surface area contributed by atoms with Crippen molar-refractivity contribution in [3.05, 3.63) is 42.0 Å². The molecule has 0 saturated heterocycles. The Balaban J connectivity index is 2.53. The van der Waals surface area contributed by atoms with Crippen LogP contribution < -0.4 is 0 Å². The van der Waals surface area contributed by atoms with E-state index in [0.29, 0.717) is 12.7 Å². The maximum Gasteiger partial charge on any atom is 0.140 e. The average molecular weight is 202 g/mol. The molecule has 1 rings (SSSR count). The van der Waals surface area contributed by atoms with E-state index in [-0.39, 0.29) is 5.78 Å². The van der Waals surface area contributed by atoms with E-state index >= 15 is 0 Å². The van der Waals surface area contributed by atoms with Crippen molar-refractivity contribution in [2.45, 2.75) is 13.3 Å². The molecule has 0 bridgehead atoms. The van der Waals surface area contributed by atoms with Crippen LogP contribution in [0.15, 0.2) is 36.4 Å². The van der Waals surface area contributed by atoms with Crippen molar-refractivity contribution < 1.29 is 9.59 Å². The van der Waals surface area contributed by atoms with Crippen molar-refractivity contribution in [1.29, 1.82) is 0 Å². The molecule has 0 saturated carbocycles. The maximum absolute atomic E-state index is 11.0. The summed E-state index contributed by atoms with van der Waals surface area (Å²) in [6.45, 7) is 1.44. The molecule has 0 aliphatic rings. The van der Waals surface area contributed by atoms with E-state index in [1.165, 1.54) is 6.92 Å². The normalized spacial score (nSPS) is 12.6. The number of allylic oxidation sites excluding steroid dienone is 1. The van der Waals surface area contributed by atoms with Crippen molar-refractivity contribution in [1.82, 2.24) is 0 Å². The zero-order valence-electron chi connectivity index (χ0n) is 8.72. The number of Topliss-reactive ketones (excluding diaryl/α,β-unsaturated/α-hetero) is 1. The van der Waals surface area contributed by atoms with Gasteiger partial charge in [0, 0.05) is 0 Å². The molecule has 0 aromatic heterocycles. The third kappa shape index (κ3) is 3.90. The van der Waals surface area contributed by atoms with Crippen LogP contribution in [0, 0.1) is 5.92 Å². The first-order chi connectivity index (χ1) is 7.24. The van der Waals surface area contributed by atoms with Gasteiger partial charge in [0.1, 0.15) is 12.1 Å². The molecule has 0 fully saturated rings. The van der Waals surface area contributed by atoms with Crippen LogP contribution in [0.25, 0.3) is 6.08 Å². The minimum absolute atomic E-state index is 0.0808. The first-order valence-corrected chi connectivity index (χ1v) is 4.91. The fraction of sp³-hybridized carbons (Fsp3) is 0.231. The summed E-state index contributed by atoms with van der Waals surface area (Å²) in [6.07, 6.45) is 4.96. The number of carbonyl (C=O) groups excluding carboxylic acids is 2. The van der Waals surface area contributed by atoms with Crippen LogP contribution in [0.3, 0.4) is 0 Å². The lowest BCUT2D eigenvalue weighted by Crippen LogP contribution is -2.10. The van der Waals surface area contributed by atoms with Gasteiger partial charge in [-0.25, -0.2) is 0 Å². The predicted octanol–water partition coefficient (Wildman–Crippen LogP) is 2.49. The summed E-state index contributed by atoms with van der Waals surface area (Å²) in [5.74, 6) is -0.576. The zero-order chi connectivity index (χ0) is 11.1. The Bertz CT molecular complexity index is 352. The Labute approximate surface area is 89.6 Å². The van der Waals surface area contributed by atoms with Crippen LogP contribution in [0.1, 0.15) is 18.9 Å². The van der Waals surface area contributed by atoms with Gasteiger partial charge in [-0.2, -0.15) is 0 Å². The first-order valence-electron chi connectivity index (χ1n) is 4.91. The second-order valence-corrected chi connectivity index (χ2v) is 3.40. The Morgan fingerprint density at radius 1 is 1.33 bits per heavy atom. The lowest BCUT2D eigenvalue weighted by Gasteiger charge is -2.00. The standard InChI is InChI=1S/C13H14O2/c1-11(15)13(10-14)9-5-8-12-6-3-2-4-7-12/h2-8,10,13H,9H2,1H3. The van der Waals surface area contributed by atoms with Crippen LogP contribution in [0.2, 0.25) is 0 Å². The Hall–Kier alpha value is -1.70. The van der Waals surface area contributed by atoms with Crippen LogP contribution in [-0.4, -0.2) is 12.1 Å². The minimum Gasteiger partial charge on any atom is -0.303 e. The summed E-state index contributed by atoms with van der Waals surface area (Å²) in [4.78, 5) is 21.5. The highest BCUT2D eigenvalue weighted by atomic mass is 16.1. The van der Waals surface area contributed by atoms with Gasteiger partial charge in [-0.3, -0.25) is 4.79 Å². The van der Waals surface area contributed by atoms with E-state index in [1.54, 1.807) is 0 Å². The fourth-order valence-corrected chi connectivity index (χ4v) is 1.23. The number of carbonyl (C=O) groups is 2. The highest BCUT2D eigenvalue weighted by Gasteiger charge is 2.09. The second-order valence-electron chi connectivity index (χ2n) is 3.40. The SMILES string of the molecule is CC(=O)C(C=O)CC=Cc1ccccc1. The Kier molecular flexibility index (Phi) is 4.48. The van der Waals surface area contributed by atoms with Crippen molar-refractivity contribution in [3.63, 3.8) is 0 Å². The van der Waals surface area contributed by atoms with Gasteiger partial charge < -0.3 is 4.79 Å². The topological polar surface area (TPSA) is 34.1 Å². The number of rotatable bonds is 5. The molecule has 1 aromatic rings. The van der Waals surface area contributed by atoms with E-state index in [2.05, 4.69) is 0 Å². The van der Waals surface area contributed by atoms with Crippen LogP contribution in [-0.2, 0) is 9.59 Å². The summed E-state index contributed by atoms with van der Waals surface area (Å²) in [7, 11) is 0. The summed E-state index contributed by atoms with van der Waals surface area (Å²) in [6, 6.07) is 9.78. The number of hydrogen-bond donors (Lipinski definition) is 0. The molecule has 1 aromatic carbocycles. The molecule has 0 heterocycles. The monoisotopic (exact) mass is 202 g/mol. The molecule has 0 spiro atoms. The predicted molar refractivity (Wildman–Crippen MR) is 60.3 cm³/mol. The molecule has 1 atom stereocenters. The largest absolute Gasteiger partial charge is 0.303 e. The van der Waals surface area contributed by atoms with E-state index in [9.17, 15) is 9.59 Å². The molecule has 0 amide bonds. The quantitative estimate of drug-likeness (QED) is 0.543. The van der Waals surface area contributed by atoms with Crippen LogP contribution >= 0.6 is 0 Å². The molecule has 2 heteroatoms. The van der Waals surface area contributed by atoms with E-state index in [4.69, 9.17) is 0 Å². The first kappa shape index (κ1) is 11.4. The molecular formula is C13H14O2. The molecule has 78 valence electrons. The van der Waals surface area contributed by atoms with Crippen molar-refractivity contribution in [3.8, 4) is 0 Å². The number of aldehydes is 1. The highest BCUT2D eigenvalue weighted by Crippen LogP contribution is 2.06. The molecule has 0 aliphatic heterocycles. The summed E-state index contributed by atoms with van der Waals surface area (Å²) in [5.41, 5.74) is 1.07. The molecule has 0 radical (unpaired) electrons. The van der Waals surface area contributed by atoms with Gasteiger partial charge in [-0.05, 0) is 18.9 Å². The molecule has 0 N–H and O–H groups in total. The lowest BCUT2D eigenvalue weighted by molar-refractivity contribution is -0.125. The molecular weight excluding hydrogens is 188 g/mol. The number of ketones is 1. The summed E-state index contributed by atoms with van der Waals surface area (Å²) >= 11 is 0. The van der Waals surface area contributed by atoms with E-state index < -0.39 is 5.92 Å². The van der Waals surface area contributed by atoms with Crippen LogP contribution in [0.5, 0.6) is 0 Å². The molecule has 15 heavy (non-hydrogen) atoms. The maximum atomic E-state index is 11.0. The fourth-order valence-electron chi connectivity index (χ4n) is 1.23. The number of benzene rings is 1. The molecule has 2 nitrogen and oxygen atoms in total. The number of hydrogen-bond acceptors (Lipinski definition) is 2. The Morgan fingerprint density at radius 2 is 2.00 bits per heavy atom. The van der Waals surface area contributed by atoms with Gasteiger partial charge in [0.25, 0.3) is 0 Å². The Morgan fingerprint density at radius 3 is 2.53 bits per heavy atom. The lowest BCUT2D eigenvalue weighted by atomic mass is 10.0. The van der Waals surface area contributed by atoms with Crippen molar-refractivity contribution >= 4 is 18.1 Å². The molecule has 0 aliphatic carbocycles. The van der Waals surface area contributed by atoms with Gasteiger partial charge in [-0.1, -0.05) is 42.5 Å². The van der Waals surface area contributed by atoms with Gasteiger partial charge in [-0.15, -0.1) is 0 Å². The third-order valence-electron chi connectivity index (χ3n) is 2.19. The third-order valence-corrected chi connectivity index (χ3v) is 2.19. The van der Waals surface area contributed by atoms with Gasteiger partial charge >= 0.3 is 0 Å². The van der Waals surface area contributed by atoms with Gasteiger partial charge in [0.2, 0.25) is 0 Å². The van der Waals surface area contributed by atoms with Gasteiger partial charge in [0.15, 0.2) is 0 Å². The average Bonchev–Trinajstić information content (AvgIpc) is 2.25. The van der Waals surface area contributed by atoms with Crippen molar-refractivity contribution in [2.24, 2.45) is 5.92 Å². The van der Waals surface area contributed by atoms with Crippen LogP contribution in [0.4, 0.5) is 0 Å². The van der Waals surface area contributed by atoms with E-state index in [0.717, 1.165) is 5.56 Å². The smallest absolute Gasteiger partial charge is 0.140 e. The highest BCUT2D eigenvalue weighted by molar-refractivity contribution is 5.91. The van der Waals surface area contributed by atoms with E-state index in [1.807, 2.05) is 42.5 Å². The second kappa shape index (κ2) is 5.91. The van der Waals surface area contributed by atoms with Crippen molar-refractivity contribution in [2.75, 3.05) is 0 Å².